The van der Waals surface area contributed by atoms with Crippen LogP contribution in [0.25, 0.3) is 21.5 Å². The third-order valence-electron chi connectivity index (χ3n) is 7.04. The fourth-order valence-corrected chi connectivity index (χ4v) is 5.30. The van der Waals surface area contributed by atoms with Gasteiger partial charge < -0.3 is 34.0 Å². The van der Waals surface area contributed by atoms with Crippen LogP contribution >= 0.6 is 0 Å². The molecule has 0 saturated carbocycles. The Balaban J connectivity index is 0.00000133. The maximum absolute atomic E-state index is 2.36. The van der Waals surface area contributed by atoms with Crippen LogP contribution in [0.1, 0.15) is 22.3 Å². The van der Waals surface area contributed by atoms with Gasteiger partial charge in [-0.2, -0.15) is 0 Å². The topological polar surface area (TPSA) is 17.6 Å². The molecule has 1 aliphatic heterocycles. The summed E-state index contributed by atoms with van der Waals surface area (Å²) in [7, 11) is 0. The van der Waals surface area contributed by atoms with Gasteiger partial charge >= 0.3 is 0 Å². The molecule has 0 atom stereocenters. The van der Waals surface area contributed by atoms with E-state index in [-0.39, 0.29) is 34.0 Å². The highest BCUT2D eigenvalue weighted by atomic mass is 79.9. The van der Waals surface area contributed by atoms with E-state index in [1.807, 2.05) is 0 Å². The zero-order chi connectivity index (χ0) is 22.5. The molecule has 0 radical (unpaired) electrons. The van der Waals surface area contributed by atoms with Gasteiger partial charge in [0.15, 0.2) is 0 Å². The van der Waals surface area contributed by atoms with E-state index in [0.717, 1.165) is 26.2 Å². The van der Waals surface area contributed by atoms with Gasteiger partial charge in [0.2, 0.25) is 12.7 Å². The lowest BCUT2D eigenvalue weighted by molar-refractivity contribution is -0.688. The predicted octanol–water partition coefficient (Wildman–Crippen LogP) is -1.31. The van der Waals surface area contributed by atoms with Crippen LogP contribution in [0.3, 0.4) is 0 Å². The van der Waals surface area contributed by atoms with E-state index in [4.69, 9.17) is 0 Å². The number of hydrogen-bond acceptors (Lipinski definition) is 0. The first-order valence-electron chi connectivity index (χ1n) is 11.9. The Bertz CT molecular complexity index is 1440. The van der Waals surface area contributed by atoms with Crippen molar-refractivity contribution < 1.29 is 43.1 Å². The fourth-order valence-electron chi connectivity index (χ4n) is 5.30. The van der Waals surface area contributed by atoms with Crippen molar-refractivity contribution in [3.63, 3.8) is 0 Å². The number of rotatable bonds is 0. The monoisotopic (exact) mass is 600 g/mol. The Labute approximate surface area is 231 Å². The van der Waals surface area contributed by atoms with E-state index >= 15 is 0 Å². The first kappa shape index (κ1) is 24.5. The summed E-state index contributed by atoms with van der Waals surface area (Å²) in [4.78, 5) is 0. The Morgan fingerprint density at radius 2 is 0.861 bits per heavy atom. The molecule has 7 rings (SSSR count). The lowest BCUT2D eigenvalue weighted by atomic mass is 10.0. The van der Waals surface area contributed by atoms with Crippen molar-refractivity contribution in [1.29, 1.82) is 0 Å². The minimum atomic E-state index is 0. The summed E-state index contributed by atoms with van der Waals surface area (Å²) >= 11 is 0. The molecule has 6 aromatic rings. The maximum Gasteiger partial charge on any atom is 0.244 e. The van der Waals surface area contributed by atoms with Crippen molar-refractivity contribution in [1.82, 2.24) is 9.13 Å². The summed E-state index contributed by atoms with van der Waals surface area (Å²) in [5.74, 6) is 0. The van der Waals surface area contributed by atoms with E-state index in [9.17, 15) is 0 Å². The smallest absolute Gasteiger partial charge is 0.244 e. The van der Waals surface area contributed by atoms with Crippen molar-refractivity contribution in [2.45, 2.75) is 26.2 Å². The summed E-state index contributed by atoms with van der Waals surface area (Å²) in [5.41, 5.74) is 5.46. The SMILES string of the molecule is [Br-].[Br-].c1ccc2cc3c(cc2c1)Cn1cc[n+](c1)Cc1cc2ccccc2cc1Cn1cc[n+](c1)C3. The molecule has 0 N–H and O–H groups in total. The number of nitrogens with zero attached hydrogens (tertiary/aromatic N) is 4. The molecular weight excluding hydrogens is 576 g/mol. The van der Waals surface area contributed by atoms with Crippen LogP contribution < -0.4 is 43.1 Å². The minimum absolute atomic E-state index is 0. The highest BCUT2D eigenvalue weighted by molar-refractivity contribution is 5.84. The van der Waals surface area contributed by atoms with Crippen molar-refractivity contribution in [2.24, 2.45) is 0 Å². The zero-order valence-electron chi connectivity index (χ0n) is 19.8. The molecule has 0 spiro atoms. The molecule has 0 unspecified atom stereocenters. The third-order valence-corrected chi connectivity index (χ3v) is 7.04. The predicted molar refractivity (Wildman–Crippen MR) is 134 cm³/mol. The summed E-state index contributed by atoms with van der Waals surface area (Å²) in [6.45, 7) is 3.44. The molecule has 0 fully saturated rings. The van der Waals surface area contributed by atoms with Gasteiger partial charge in [-0.1, -0.05) is 48.5 Å². The quantitative estimate of drug-likeness (QED) is 0.192. The molecule has 180 valence electrons. The maximum atomic E-state index is 2.36. The van der Waals surface area contributed by atoms with Gasteiger partial charge in [0.25, 0.3) is 0 Å². The van der Waals surface area contributed by atoms with Gasteiger partial charge in [-0.25, -0.2) is 18.3 Å². The number of halogens is 2. The van der Waals surface area contributed by atoms with Crippen molar-refractivity contribution in [2.75, 3.05) is 0 Å². The van der Waals surface area contributed by atoms with Crippen LogP contribution in [0.15, 0.2) is 110 Å². The molecule has 6 heteroatoms. The Kier molecular flexibility index (Phi) is 6.82. The second kappa shape index (κ2) is 10.0. The molecule has 3 heterocycles. The van der Waals surface area contributed by atoms with Crippen LogP contribution in [0, 0.1) is 0 Å². The summed E-state index contributed by atoms with van der Waals surface area (Å²) in [6.07, 6.45) is 13.3. The van der Waals surface area contributed by atoms with E-state index in [1.165, 1.54) is 43.8 Å². The minimum Gasteiger partial charge on any atom is -1.00 e. The van der Waals surface area contributed by atoms with Crippen LogP contribution in [0.4, 0.5) is 0 Å². The standard InChI is InChI=1S/C30H26N4.2BrH/c1-2-6-24-14-28-18-32-11-12-34(22-32)20-30-16-26-8-4-3-7-25(26)15-29(30)19-33-10-9-31(21-33)17-27(28)13-23(24)5-1;;/h1-16,21-22H,17-20H2;2*1H/q+2;;/p-2. The van der Waals surface area contributed by atoms with Crippen LogP contribution in [-0.2, 0) is 26.2 Å². The van der Waals surface area contributed by atoms with Crippen LogP contribution in [0.2, 0.25) is 0 Å². The van der Waals surface area contributed by atoms with Gasteiger partial charge in [0, 0.05) is 22.3 Å². The van der Waals surface area contributed by atoms with Gasteiger partial charge in [-0.15, -0.1) is 0 Å². The summed E-state index contributed by atoms with van der Waals surface area (Å²) in [5, 5.41) is 5.19. The molecule has 0 saturated heterocycles. The van der Waals surface area contributed by atoms with E-state index < -0.39 is 0 Å². The molecule has 4 aromatic carbocycles. The fraction of sp³-hybridized carbons (Fsp3) is 0.133. The Hall–Kier alpha value is -3.22. The average molecular weight is 602 g/mol. The number of aromatic nitrogens is 4. The number of hydrogen-bond donors (Lipinski definition) is 0. The molecule has 4 bridgehead atoms. The molecule has 1 aliphatic rings. The van der Waals surface area contributed by atoms with E-state index in [1.54, 1.807) is 0 Å². The number of benzene rings is 4. The second-order valence-electron chi connectivity index (χ2n) is 9.45. The summed E-state index contributed by atoms with van der Waals surface area (Å²) in [6, 6.07) is 26.8. The highest BCUT2D eigenvalue weighted by Crippen LogP contribution is 2.23. The van der Waals surface area contributed by atoms with Crippen molar-refractivity contribution in [3.8, 4) is 0 Å². The normalized spacial score (nSPS) is 12.7. The van der Waals surface area contributed by atoms with Gasteiger partial charge in [0.1, 0.15) is 51.0 Å². The van der Waals surface area contributed by atoms with E-state index in [0.29, 0.717) is 0 Å². The Morgan fingerprint density at radius 1 is 0.500 bits per heavy atom. The highest BCUT2D eigenvalue weighted by Gasteiger charge is 2.17. The third kappa shape index (κ3) is 4.63. The number of imidazole rings is 2. The van der Waals surface area contributed by atoms with E-state index in [2.05, 4.69) is 129 Å². The van der Waals surface area contributed by atoms with Crippen LogP contribution in [0.5, 0.6) is 0 Å². The lowest BCUT2D eigenvalue weighted by Gasteiger charge is -2.11. The lowest BCUT2D eigenvalue weighted by Crippen LogP contribution is -3.00. The van der Waals surface area contributed by atoms with Gasteiger partial charge in [-0.05, 0) is 45.8 Å². The molecular formula is C30H26Br2N4. The van der Waals surface area contributed by atoms with Crippen molar-refractivity contribution >= 4 is 21.5 Å². The van der Waals surface area contributed by atoms with Crippen molar-refractivity contribution in [3.05, 3.63) is 132 Å². The molecule has 4 nitrogen and oxygen atoms in total. The first-order chi connectivity index (χ1) is 16.8. The zero-order valence-corrected chi connectivity index (χ0v) is 22.9. The molecule has 2 aromatic heterocycles. The largest absolute Gasteiger partial charge is 1.00 e. The summed E-state index contributed by atoms with van der Waals surface area (Å²) < 4.78 is 9.21. The number of fused-ring (bicyclic) bond motifs is 8. The second-order valence-corrected chi connectivity index (χ2v) is 9.45. The van der Waals surface area contributed by atoms with Gasteiger partial charge in [0.05, 0.1) is 0 Å². The van der Waals surface area contributed by atoms with Gasteiger partial charge in [-0.3, -0.25) is 0 Å². The first-order valence-corrected chi connectivity index (χ1v) is 11.9. The average Bonchev–Trinajstić information content (AvgIpc) is 3.48. The molecule has 0 aliphatic carbocycles. The Morgan fingerprint density at radius 3 is 1.25 bits per heavy atom. The van der Waals surface area contributed by atoms with Crippen LogP contribution in [-0.4, -0.2) is 9.13 Å². The molecule has 36 heavy (non-hydrogen) atoms. The molecule has 0 amide bonds.